The van der Waals surface area contributed by atoms with E-state index < -0.39 is 0 Å². The van der Waals surface area contributed by atoms with Crippen LogP contribution in [0.4, 0.5) is 17.3 Å². The van der Waals surface area contributed by atoms with Gasteiger partial charge in [0.1, 0.15) is 11.5 Å². The van der Waals surface area contributed by atoms with Gasteiger partial charge >= 0.3 is 0 Å². The van der Waals surface area contributed by atoms with Gasteiger partial charge in [0.15, 0.2) is 11.5 Å². The number of aryl methyl sites for hydroxylation is 1. The van der Waals surface area contributed by atoms with Gasteiger partial charge in [0.25, 0.3) is 5.91 Å². The molecule has 1 fully saturated rings. The number of nitrogens with two attached hydrogens (primary N) is 2. The molecule has 4 aromatic rings. The van der Waals surface area contributed by atoms with E-state index in [9.17, 15) is 4.79 Å². The number of hydrogen-bond acceptors (Lipinski definition) is 8. The van der Waals surface area contributed by atoms with Gasteiger partial charge in [-0.25, -0.2) is 15.0 Å². The largest absolute Gasteiger partial charge is 0.382 e. The van der Waals surface area contributed by atoms with Crippen LogP contribution in [0.5, 0.6) is 0 Å². The summed E-state index contributed by atoms with van der Waals surface area (Å²) in [5, 5.41) is 4.45. The molecule has 0 bridgehead atoms. The number of carbonyl (C=O) groups is 1. The lowest BCUT2D eigenvalue weighted by Crippen LogP contribution is -2.44. The average Bonchev–Trinajstić information content (AvgIpc) is 3.63. The summed E-state index contributed by atoms with van der Waals surface area (Å²) >= 11 is 0. The molecule has 40 heavy (non-hydrogen) atoms. The van der Waals surface area contributed by atoms with Crippen LogP contribution in [-0.2, 0) is 13.5 Å². The third kappa shape index (κ3) is 3.85. The van der Waals surface area contributed by atoms with Gasteiger partial charge in [0, 0.05) is 44.8 Å². The molecular formula is C30H33N9O. The number of rotatable bonds is 3. The summed E-state index contributed by atoms with van der Waals surface area (Å²) in [5.41, 5.74) is 19.2. The zero-order valence-corrected chi connectivity index (χ0v) is 22.8. The number of nitrogens with zero attached hydrogens (tertiary/aromatic N) is 7. The number of carbonyl (C=O) groups excluding carboxylic acids is 1. The van der Waals surface area contributed by atoms with Crippen LogP contribution < -0.4 is 21.3 Å². The summed E-state index contributed by atoms with van der Waals surface area (Å²) in [4.78, 5) is 31.5. The number of anilines is 3. The van der Waals surface area contributed by atoms with Crippen LogP contribution in [-0.4, -0.2) is 50.3 Å². The highest BCUT2D eigenvalue weighted by Crippen LogP contribution is 2.51. The van der Waals surface area contributed by atoms with Crippen molar-refractivity contribution in [2.45, 2.75) is 38.1 Å². The first-order valence-electron chi connectivity index (χ1n) is 13.9. The Morgan fingerprint density at radius 1 is 1.05 bits per heavy atom. The second-order valence-electron chi connectivity index (χ2n) is 11.5. The summed E-state index contributed by atoms with van der Waals surface area (Å²) in [6.07, 6.45) is 6.53. The maximum absolute atomic E-state index is 13.6. The van der Waals surface area contributed by atoms with E-state index >= 15 is 0 Å². The van der Waals surface area contributed by atoms with Crippen molar-refractivity contribution in [2.75, 3.05) is 35.2 Å². The van der Waals surface area contributed by atoms with E-state index in [2.05, 4.69) is 51.2 Å². The predicted octanol–water partition coefficient (Wildman–Crippen LogP) is 3.46. The zero-order valence-electron chi connectivity index (χ0n) is 22.8. The second-order valence-corrected chi connectivity index (χ2v) is 11.5. The molecular weight excluding hydrogens is 502 g/mol. The summed E-state index contributed by atoms with van der Waals surface area (Å²) in [7, 11) is 1.88. The van der Waals surface area contributed by atoms with Crippen molar-refractivity contribution < 1.29 is 4.79 Å². The lowest BCUT2D eigenvalue weighted by atomic mass is 9.73. The molecule has 204 valence electrons. The molecule has 7 rings (SSSR count). The van der Waals surface area contributed by atoms with Crippen LogP contribution in [0.15, 0.2) is 54.9 Å². The predicted molar refractivity (Wildman–Crippen MR) is 154 cm³/mol. The summed E-state index contributed by atoms with van der Waals surface area (Å²) in [5.74, 6) is 0.656. The van der Waals surface area contributed by atoms with Crippen molar-refractivity contribution in [3.05, 3.63) is 77.4 Å². The summed E-state index contributed by atoms with van der Waals surface area (Å²) in [6, 6.07) is 14.4. The molecule has 1 amide bonds. The normalized spacial score (nSPS) is 21.1. The zero-order chi connectivity index (χ0) is 27.6. The van der Waals surface area contributed by atoms with Crippen molar-refractivity contribution in [2.24, 2.45) is 18.2 Å². The maximum atomic E-state index is 13.6. The van der Waals surface area contributed by atoms with E-state index in [0.29, 0.717) is 12.4 Å². The molecule has 0 saturated carbocycles. The molecule has 10 heteroatoms. The van der Waals surface area contributed by atoms with Gasteiger partial charge < -0.3 is 21.3 Å². The number of hydrogen-bond donors (Lipinski definition) is 2. The fourth-order valence-electron chi connectivity index (χ4n) is 6.73. The van der Waals surface area contributed by atoms with E-state index in [4.69, 9.17) is 16.5 Å². The number of fused-ring (bicyclic) bond motifs is 2. The molecule has 2 atom stereocenters. The van der Waals surface area contributed by atoms with Gasteiger partial charge in [0.2, 0.25) is 0 Å². The molecule has 3 aromatic heterocycles. The summed E-state index contributed by atoms with van der Waals surface area (Å²) in [6.45, 7) is 4.22. The van der Waals surface area contributed by atoms with Crippen molar-refractivity contribution >= 4 is 23.2 Å². The Morgan fingerprint density at radius 2 is 1.85 bits per heavy atom. The number of piperidine rings is 1. The average molecular weight is 536 g/mol. The van der Waals surface area contributed by atoms with Gasteiger partial charge in [0.05, 0.1) is 23.3 Å². The molecule has 2 unspecified atom stereocenters. The Bertz CT molecular complexity index is 1620. The first-order chi connectivity index (χ1) is 19.3. The lowest BCUT2D eigenvalue weighted by molar-refractivity contribution is 0.0984. The standard InChI is InChI=1S/C30H33N9O/c1-18-17-39(23-8-7-21(34-25(18)23)22-9-12-37(2)36-22)29(40)26-28(32)35-24(16-33-26)38-13-10-30(11-14-38)15-19-5-3-4-6-20(19)27(30)31/h3-9,12,16,18,27H,10-11,13-15,17,31H2,1-2H3,(H2,32,35). The van der Waals surface area contributed by atoms with Crippen molar-refractivity contribution in [1.29, 1.82) is 0 Å². The number of benzene rings is 1. The molecule has 5 heterocycles. The molecule has 1 spiro atoms. The minimum atomic E-state index is -0.262. The van der Waals surface area contributed by atoms with Gasteiger partial charge in [-0.1, -0.05) is 31.2 Å². The van der Waals surface area contributed by atoms with Crippen molar-refractivity contribution in [3.63, 3.8) is 0 Å². The van der Waals surface area contributed by atoms with E-state index in [1.165, 1.54) is 11.1 Å². The number of amides is 1. The van der Waals surface area contributed by atoms with Crippen LogP contribution in [0.2, 0.25) is 0 Å². The van der Waals surface area contributed by atoms with E-state index in [-0.39, 0.29) is 34.8 Å². The highest BCUT2D eigenvalue weighted by molar-refractivity contribution is 6.08. The molecule has 1 aromatic carbocycles. The number of aromatic nitrogens is 5. The third-order valence-corrected chi connectivity index (χ3v) is 9.00. The van der Waals surface area contributed by atoms with Crippen molar-refractivity contribution in [3.8, 4) is 11.4 Å². The molecule has 2 aliphatic heterocycles. The third-order valence-electron chi connectivity index (χ3n) is 9.00. The lowest BCUT2D eigenvalue weighted by Gasteiger charge is -2.42. The van der Waals surface area contributed by atoms with E-state index in [1.807, 2.05) is 31.4 Å². The van der Waals surface area contributed by atoms with Crippen LogP contribution in [0.3, 0.4) is 0 Å². The summed E-state index contributed by atoms with van der Waals surface area (Å²) < 4.78 is 1.75. The van der Waals surface area contributed by atoms with Crippen molar-refractivity contribution in [1.82, 2.24) is 24.7 Å². The van der Waals surface area contributed by atoms with Gasteiger partial charge in [-0.3, -0.25) is 9.48 Å². The fraction of sp³-hybridized carbons (Fsp3) is 0.367. The van der Waals surface area contributed by atoms with Crippen LogP contribution >= 0.6 is 0 Å². The fourth-order valence-corrected chi connectivity index (χ4v) is 6.73. The number of pyridine rings is 1. The molecule has 1 saturated heterocycles. The molecule has 10 nitrogen and oxygen atoms in total. The maximum Gasteiger partial charge on any atom is 0.280 e. The first kappa shape index (κ1) is 24.7. The Labute approximate surface area is 233 Å². The Morgan fingerprint density at radius 3 is 2.58 bits per heavy atom. The first-order valence-corrected chi connectivity index (χ1v) is 13.9. The monoisotopic (exact) mass is 535 g/mol. The Kier molecular flexibility index (Phi) is 5.64. The SMILES string of the molecule is CC1CN(C(=O)c2ncc(N3CCC4(CC3)Cc3ccccc3C4N)nc2N)c2ccc(-c3ccn(C)n3)nc21. The molecule has 4 N–H and O–H groups in total. The molecule has 0 radical (unpaired) electrons. The van der Waals surface area contributed by atoms with Gasteiger partial charge in [-0.05, 0) is 54.0 Å². The molecule has 1 aliphatic carbocycles. The highest BCUT2D eigenvalue weighted by Gasteiger charge is 2.46. The smallest absolute Gasteiger partial charge is 0.280 e. The minimum Gasteiger partial charge on any atom is -0.382 e. The Hall–Kier alpha value is -4.31. The highest BCUT2D eigenvalue weighted by atomic mass is 16.2. The van der Waals surface area contributed by atoms with Gasteiger partial charge in [-0.2, -0.15) is 5.10 Å². The van der Waals surface area contributed by atoms with E-state index in [1.54, 1.807) is 15.8 Å². The van der Waals surface area contributed by atoms with Crippen LogP contribution in [0.1, 0.15) is 59.0 Å². The quantitative estimate of drug-likeness (QED) is 0.408. The Balaban J connectivity index is 1.07. The van der Waals surface area contributed by atoms with Crippen LogP contribution in [0, 0.1) is 5.41 Å². The van der Waals surface area contributed by atoms with E-state index in [0.717, 1.165) is 55.1 Å². The van der Waals surface area contributed by atoms with Crippen LogP contribution in [0.25, 0.3) is 11.4 Å². The molecule has 3 aliphatic rings. The second kappa shape index (κ2) is 9.12. The number of nitrogen functional groups attached to an aromatic ring is 1. The topological polar surface area (TPSA) is 132 Å². The van der Waals surface area contributed by atoms with Gasteiger partial charge in [-0.15, -0.1) is 0 Å². The minimum absolute atomic E-state index is 0.0576.